The molecule has 0 aliphatic heterocycles. The van der Waals surface area contributed by atoms with Crippen LogP contribution in [0.2, 0.25) is 0 Å². The smallest absolute Gasteiger partial charge is 0.306 e. The van der Waals surface area contributed by atoms with Gasteiger partial charge in [-0.25, -0.2) is 0 Å². The van der Waals surface area contributed by atoms with Gasteiger partial charge in [0.2, 0.25) is 0 Å². The van der Waals surface area contributed by atoms with Crippen molar-refractivity contribution in [2.75, 3.05) is 27.3 Å². The second-order valence-electron chi connectivity index (χ2n) is 7.05. The maximum atomic E-state index is 11.4. The van der Waals surface area contributed by atoms with Crippen LogP contribution in [0, 0.1) is 0 Å². The summed E-state index contributed by atoms with van der Waals surface area (Å²) in [6, 6.07) is 16.7. The van der Waals surface area contributed by atoms with Crippen LogP contribution >= 0.6 is 0 Å². The van der Waals surface area contributed by atoms with Crippen LogP contribution in [0.25, 0.3) is 21.5 Å². The second kappa shape index (κ2) is 10.7. The van der Waals surface area contributed by atoms with Crippen molar-refractivity contribution in [3.05, 3.63) is 59.7 Å². The Balaban J connectivity index is 1.90. The average Bonchev–Trinajstić information content (AvgIpc) is 2.79. The molecule has 6 heteroatoms. The summed E-state index contributed by atoms with van der Waals surface area (Å²) in [4.78, 5) is 22.8. The predicted molar refractivity (Wildman–Crippen MR) is 118 cm³/mol. The van der Waals surface area contributed by atoms with E-state index in [4.69, 9.17) is 9.47 Å². The normalized spacial score (nSPS) is 11.0. The number of carbonyl (C=O) groups is 2. The zero-order chi connectivity index (χ0) is 21.3. The molecule has 0 atom stereocenters. The van der Waals surface area contributed by atoms with Gasteiger partial charge in [-0.15, -0.1) is 0 Å². The predicted octanol–water partition coefficient (Wildman–Crippen LogP) is 3.30. The Morgan fingerprint density at radius 3 is 1.30 bits per heavy atom. The highest BCUT2D eigenvalue weighted by atomic mass is 16.5. The first kappa shape index (κ1) is 21.7. The zero-order valence-corrected chi connectivity index (χ0v) is 17.5. The number of rotatable bonds is 10. The Hall–Kier alpha value is -2.96. The molecule has 0 unspecified atom stereocenters. The number of esters is 2. The molecule has 0 fully saturated rings. The van der Waals surface area contributed by atoms with E-state index in [2.05, 4.69) is 34.9 Å². The lowest BCUT2D eigenvalue weighted by Gasteiger charge is -2.18. The molecule has 0 spiro atoms. The van der Waals surface area contributed by atoms with E-state index in [9.17, 15) is 9.59 Å². The van der Waals surface area contributed by atoms with Gasteiger partial charge in [-0.1, -0.05) is 48.5 Å². The fourth-order valence-electron chi connectivity index (χ4n) is 3.70. The lowest BCUT2D eigenvalue weighted by molar-refractivity contribution is -0.141. The van der Waals surface area contributed by atoms with E-state index in [1.165, 1.54) is 46.9 Å². The average molecular weight is 408 g/mol. The summed E-state index contributed by atoms with van der Waals surface area (Å²) in [6.45, 7) is 2.44. The van der Waals surface area contributed by atoms with E-state index in [1.54, 1.807) is 0 Å². The molecule has 0 aromatic heterocycles. The molecule has 6 nitrogen and oxygen atoms in total. The number of fused-ring (bicyclic) bond motifs is 2. The monoisotopic (exact) mass is 408 g/mol. The van der Waals surface area contributed by atoms with Gasteiger partial charge in [0.15, 0.2) is 0 Å². The number of hydrogen-bond acceptors (Lipinski definition) is 6. The summed E-state index contributed by atoms with van der Waals surface area (Å²) in [7, 11) is 2.81. The highest BCUT2D eigenvalue weighted by Crippen LogP contribution is 2.33. The highest BCUT2D eigenvalue weighted by molar-refractivity contribution is 6.05. The minimum atomic E-state index is -0.217. The van der Waals surface area contributed by atoms with Crippen molar-refractivity contribution in [1.82, 2.24) is 10.6 Å². The Bertz CT molecular complexity index is 893. The molecule has 0 aliphatic rings. The fourth-order valence-corrected chi connectivity index (χ4v) is 3.70. The van der Waals surface area contributed by atoms with Gasteiger partial charge in [0, 0.05) is 26.2 Å². The van der Waals surface area contributed by atoms with Gasteiger partial charge < -0.3 is 20.1 Å². The molecule has 158 valence electrons. The molecule has 3 aromatic carbocycles. The van der Waals surface area contributed by atoms with Crippen LogP contribution in [0.3, 0.4) is 0 Å². The standard InChI is InChI=1S/C24H28N2O4/c1-29-23(27)11-13-25-15-21-17-7-3-5-9-19(17)22(16-26-14-12-24(28)30-2)20-10-6-4-8-18(20)21/h3-10,25-26H,11-16H2,1-2H3. The summed E-state index contributed by atoms with van der Waals surface area (Å²) in [5.41, 5.74) is 2.42. The molecular formula is C24H28N2O4. The first-order valence-corrected chi connectivity index (χ1v) is 10.1. The van der Waals surface area contributed by atoms with Gasteiger partial charge in [0.25, 0.3) is 0 Å². The number of nitrogens with one attached hydrogen (secondary N) is 2. The van der Waals surface area contributed by atoms with Crippen molar-refractivity contribution in [2.45, 2.75) is 25.9 Å². The molecule has 0 bridgehead atoms. The number of methoxy groups -OCH3 is 2. The van der Waals surface area contributed by atoms with Gasteiger partial charge in [-0.3, -0.25) is 9.59 Å². The second-order valence-corrected chi connectivity index (χ2v) is 7.05. The van der Waals surface area contributed by atoms with Crippen LogP contribution in [0.4, 0.5) is 0 Å². The minimum absolute atomic E-state index is 0.217. The van der Waals surface area contributed by atoms with Crippen molar-refractivity contribution in [3.63, 3.8) is 0 Å². The number of hydrogen-bond donors (Lipinski definition) is 2. The van der Waals surface area contributed by atoms with E-state index in [0.717, 1.165) is 0 Å². The van der Waals surface area contributed by atoms with Gasteiger partial charge in [-0.05, 0) is 32.7 Å². The van der Waals surface area contributed by atoms with E-state index >= 15 is 0 Å². The molecule has 2 N–H and O–H groups in total. The summed E-state index contributed by atoms with van der Waals surface area (Å²) in [5, 5.41) is 11.5. The molecule has 0 amide bonds. The summed E-state index contributed by atoms with van der Waals surface area (Å²) >= 11 is 0. The largest absolute Gasteiger partial charge is 0.469 e. The molecule has 0 saturated heterocycles. The maximum absolute atomic E-state index is 11.4. The summed E-state index contributed by atoms with van der Waals surface area (Å²) in [5.74, 6) is -0.434. The Kier molecular flexibility index (Phi) is 7.76. The topological polar surface area (TPSA) is 76.7 Å². The third kappa shape index (κ3) is 5.14. The van der Waals surface area contributed by atoms with Crippen LogP contribution in [0.15, 0.2) is 48.5 Å². The maximum Gasteiger partial charge on any atom is 0.306 e. The van der Waals surface area contributed by atoms with Crippen molar-refractivity contribution in [3.8, 4) is 0 Å². The Morgan fingerprint density at radius 2 is 1.00 bits per heavy atom. The molecule has 30 heavy (non-hydrogen) atoms. The number of benzene rings is 3. The number of ether oxygens (including phenoxy) is 2. The van der Waals surface area contributed by atoms with E-state index in [0.29, 0.717) is 39.0 Å². The van der Waals surface area contributed by atoms with E-state index in [1.807, 2.05) is 24.3 Å². The fraction of sp³-hybridized carbons (Fsp3) is 0.333. The molecule has 0 saturated carbocycles. The van der Waals surface area contributed by atoms with Crippen LogP contribution < -0.4 is 10.6 Å². The zero-order valence-electron chi connectivity index (χ0n) is 17.5. The van der Waals surface area contributed by atoms with Crippen molar-refractivity contribution < 1.29 is 19.1 Å². The van der Waals surface area contributed by atoms with Gasteiger partial charge in [-0.2, -0.15) is 0 Å². The third-order valence-electron chi connectivity index (χ3n) is 5.23. The van der Waals surface area contributed by atoms with Crippen molar-refractivity contribution in [1.29, 1.82) is 0 Å². The molecule has 0 aliphatic carbocycles. The van der Waals surface area contributed by atoms with Crippen molar-refractivity contribution in [2.24, 2.45) is 0 Å². The molecule has 3 aromatic rings. The molecular weight excluding hydrogens is 380 g/mol. The Labute approximate surface area is 176 Å². The molecule has 0 radical (unpaired) electrons. The van der Waals surface area contributed by atoms with Crippen LogP contribution in [-0.4, -0.2) is 39.2 Å². The highest BCUT2D eigenvalue weighted by Gasteiger charge is 2.13. The first-order valence-electron chi connectivity index (χ1n) is 10.1. The van der Waals surface area contributed by atoms with Crippen LogP contribution in [0.5, 0.6) is 0 Å². The van der Waals surface area contributed by atoms with Gasteiger partial charge >= 0.3 is 11.9 Å². The first-order chi connectivity index (χ1) is 14.7. The van der Waals surface area contributed by atoms with Crippen LogP contribution in [0.1, 0.15) is 24.0 Å². The summed E-state index contributed by atoms with van der Waals surface area (Å²) in [6.07, 6.45) is 0.684. The van der Waals surface area contributed by atoms with E-state index in [-0.39, 0.29) is 11.9 Å². The number of carbonyl (C=O) groups excluding carboxylic acids is 2. The lowest BCUT2D eigenvalue weighted by Crippen LogP contribution is -2.20. The molecule has 0 heterocycles. The third-order valence-corrected chi connectivity index (χ3v) is 5.23. The molecule has 3 rings (SSSR count). The Morgan fingerprint density at radius 1 is 0.667 bits per heavy atom. The summed E-state index contributed by atoms with van der Waals surface area (Å²) < 4.78 is 9.43. The lowest BCUT2D eigenvalue weighted by atomic mass is 9.91. The minimum Gasteiger partial charge on any atom is -0.469 e. The van der Waals surface area contributed by atoms with E-state index < -0.39 is 0 Å². The van der Waals surface area contributed by atoms with Gasteiger partial charge in [0.05, 0.1) is 27.1 Å². The SMILES string of the molecule is COC(=O)CCNCc1c2ccccc2c(CNCCC(=O)OC)c2ccccc12. The quantitative estimate of drug-likeness (QED) is 0.305. The van der Waals surface area contributed by atoms with Gasteiger partial charge in [0.1, 0.15) is 0 Å². The van der Waals surface area contributed by atoms with Crippen molar-refractivity contribution >= 4 is 33.5 Å². The van der Waals surface area contributed by atoms with Crippen LogP contribution in [-0.2, 0) is 32.2 Å².